The highest BCUT2D eigenvalue weighted by molar-refractivity contribution is 7.45. The summed E-state index contributed by atoms with van der Waals surface area (Å²) in [5, 5.41) is 11.6. The number of aromatic amines is 1. The van der Waals surface area contributed by atoms with E-state index in [1.54, 1.807) is 30.5 Å². The number of ether oxygens (including phenoxy) is 1. The summed E-state index contributed by atoms with van der Waals surface area (Å²) < 4.78 is 30.5. The molecule has 7 rings (SSSR count). The third-order valence-electron chi connectivity index (χ3n) is 6.65. The highest BCUT2D eigenvalue weighted by atomic mass is 35.5. The lowest BCUT2D eigenvalue weighted by Gasteiger charge is -2.34. The maximum absolute atomic E-state index is 13.6. The normalized spacial score (nSPS) is 27.2. The summed E-state index contributed by atoms with van der Waals surface area (Å²) in [6.45, 7) is -0.320. The Balaban J connectivity index is 0.00000277. The van der Waals surface area contributed by atoms with E-state index >= 15 is 0 Å². The van der Waals surface area contributed by atoms with Crippen LogP contribution in [0.2, 0.25) is 5.02 Å². The number of nitrogens with one attached hydrogen (secondary N) is 1. The molecule has 12 nitrogen and oxygen atoms in total. The smallest absolute Gasteiger partial charge is 0.756 e. The minimum absolute atomic E-state index is 0. The zero-order chi connectivity index (χ0) is 26.2. The molecule has 0 aliphatic carbocycles. The van der Waals surface area contributed by atoms with E-state index in [1.807, 2.05) is 30.3 Å². The van der Waals surface area contributed by atoms with Crippen molar-refractivity contribution in [1.82, 2.24) is 23.9 Å². The number of nitrogens with zero attached hydrogens (tertiary/aromatic N) is 4. The van der Waals surface area contributed by atoms with Crippen LogP contribution >= 0.6 is 19.4 Å². The van der Waals surface area contributed by atoms with Gasteiger partial charge in [-0.1, -0.05) is 41.9 Å². The minimum atomic E-state index is -4.59. The van der Waals surface area contributed by atoms with E-state index in [4.69, 9.17) is 25.4 Å². The molecule has 0 bridgehead atoms. The van der Waals surface area contributed by atoms with Crippen LogP contribution in [0.4, 0.5) is 0 Å². The third kappa shape index (κ3) is 3.73. The summed E-state index contributed by atoms with van der Waals surface area (Å²) in [5.74, 6) is 0.519. The Bertz CT molecular complexity index is 1810. The van der Waals surface area contributed by atoms with Crippen molar-refractivity contribution in [2.75, 3.05) is 6.61 Å². The average Bonchev–Trinajstić information content (AvgIpc) is 3.59. The highest BCUT2D eigenvalue weighted by Gasteiger charge is 2.51. The van der Waals surface area contributed by atoms with Gasteiger partial charge >= 0.3 is 1.43 Å². The molecule has 2 aliphatic rings. The van der Waals surface area contributed by atoms with Gasteiger partial charge in [-0.2, -0.15) is 4.98 Å². The fraction of sp³-hybridized carbons (Fsp3) is 0.208. The lowest BCUT2D eigenvalue weighted by atomic mass is 10.1. The van der Waals surface area contributed by atoms with Crippen molar-refractivity contribution in [3.8, 4) is 22.6 Å². The van der Waals surface area contributed by atoms with Crippen molar-refractivity contribution in [2.24, 2.45) is 0 Å². The molecule has 2 aromatic carbocycles. The summed E-state index contributed by atoms with van der Waals surface area (Å²) in [5.41, 5.74) is 1.83. The van der Waals surface area contributed by atoms with E-state index in [2.05, 4.69) is 15.0 Å². The lowest BCUT2D eigenvalue weighted by Crippen LogP contribution is -2.41. The minimum Gasteiger partial charge on any atom is -0.756 e. The van der Waals surface area contributed by atoms with Gasteiger partial charge in [-0.25, -0.2) is 9.38 Å². The Morgan fingerprint density at radius 2 is 1.89 bits per heavy atom. The Morgan fingerprint density at radius 3 is 2.66 bits per heavy atom. The van der Waals surface area contributed by atoms with Crippen LogP contribution in [-0.2, 0) is 18.3 Å². The lowest BCUT2D eigenvalue weighted by molar-refractivity contribution is -0.245. The predicted octanol–water partition coefficient (Wildman–Crippen LogP) is 2.61. The van der Waals surface area contributed by atoms with Crippen LogP contribution < -0.4 is 10.5 Å². The standard InChI is InChI=1S/C24H19ClN5O7P/c25-14-8-6-13(7-9-14)20-27-17-21(30(20)23-18(31)19-16(36-23)11-35-38(33,34)37-19)28-24-26-15(10-29(24)22(17)32)12-4-2-1-3-5-12/h1-10,16,18-19,23,31H,11H2,(H,26,28)(H,33,34)/t16?,18?,19-,23-/m1/s1. The summed E-state index contributed by atoms with van der Waals surface area (Å²) in [7, 11) is -4.59. The van der Waals surface area contributed by atoms with Crippen LogP contribution in [0.1, 0.15) is 7.65 Å². The molecule has 2 N–H and O–H groups in total. The number of hydrogen-bond donors (Lipinski definition) is 2. The molecule has 0 radical (unpaired) electrons. The van der Waals surface area contributed by atoms with Gasteiger partial charge in [0, 0.05) is 16.8 Å². The van der Waals surface area contributed by atoms with E-state index in [9.17, 15) is 19.4 Å². The van der Waals surface area contributed by atoms with Crippen molar-refractivity contribution >= 4 is 36.4 Å². The fourth-order valence-electron chi connectivity index (χ4n) is 4.88. The number of phosphoric acid groups is 1. The van der Waals surface area contributed by atoms with Gasteiger partial charge in [-0.3, -0.25) is 13.9 Å². The van der Waals surface area contributed by atoms with E-state index < -0.39 is 37.9 Å². The molecule has 5 aromatic rings. The average molecular weight is 556 g/mol. The summed E-state index contributed by atoms with van der Waals surface area (Å²) in [6.07, 6.45) is -3.04. The number of phosphoric ester groups is 1. The van der Waals surface area contributed by atoms with Gasteiger partial charge in [-0.15, -0.1) is 0 Å². The predicted molar refractivity (Wildman–Crippen MR) is 134 cm³/mol. The van der Waals surface area contributed by atoms with Gasteiger partial charge in [0.05, 0.1) is 12.3 Å². The molecule has 194 valence electrons. The molecule has 5 heterocycles. The topological polar surface area (TPSA) is 156 Å². The number of hydrogen-bond acceptors (Lipinski definition) is 9. The number of rotatable bonds is 3. The van der Waals surface area contributed by atoms with E-state index in [1.165, 1.54) is 8.97 Å². The van der Waals surface area contributed by atoms with Gasteiger partial charge in [0.25, 0.3) is 13.4 Å². The number of fused-ring (bicyclic) bond motifs is 3. The Labute approximate surface area is 220 Å². The molecule has 5 atom stereocenters. The van der Waals surface area contributed by atoms with Crippen LogP contribution in [0.3, 0.4) is 0 Å². The van der Waals surface area contributed by atoms with Gasteiger partial charge in [0.1, 0.15) is 24.1 Å². The second-order valence-corrected chi connectivity index (χ2v) is 10.8. The SMILES string of the molecule is O=c1c2nc(-c3ccc(Cl)cc3)n([C@@H]3OC4COP(=O)([O-])O[C@H]4C3O)c2nc2[nH]c(-c3ccccc3)cn12.[H+]. The molecule has 14 heteroatoms. The number of aromatic nitrogens is 5. The van der Waals surface area contributed by atoms with Crippen molar-refractivity contribution in [2.45, 2.75) is 24.5 Å². The number of halogens is 1. The monoisotopic (exact) mass is 555 g/mol. The maximum Gasteiger partial charge on any atom is 1.00 e. The molecule has 2 aliphatic heterocycles. The molecule has 0 saturated carbocycles. The van der Waals surface area contributed by atoms with Crippen LogP contribution in [-0.4, -0.2) is 53.9 Å². The molecule has 0 amide bonds. The number of aliphatic hydroxyl groups is 1. The summed E-state index contributed by atoms with van der Waals surface area (Å²) in [4.78, 5) is 37.9. The zero-order valence-corrected chi connectivity index (χ0v) is 21.0. The Morgan fingerprint density at radius 1 is 1.13 bits per heavy atom. The molecule has 3 aromatic heterocycles. The van der Waals surface area contributed by atoms with E-state index in [-0.39, 0.29) is 30.8 Å². The molecular weight excluding hydrogens is 537 g/mol. The number of H-pyrrole nitrogens is 1. The first-order valence-electron chi connectivity index (χ1n) is 11.6. The molecule has 0 spiro atoms. The van der Waals surface area contributed by atoms with Crippen LogP contribution in [0.15, 0.2) is 65.6 Å². The first kappa shape index (κ1) is 23.7. The largest absolute Gasteiger partial charge is 1.00 e. The van der Waals surface area contributed by atoms with Gasteiger partial charge in [-0.05, 0) is 29.8 Å². The van der Waals surface area contributed by atoms with Crippen molar-refractivity contribution in [1.29, 1.82) is 0 Å². The number of benzene rings is 2. The summed E-state index contributed by atoms with van der Waals surface area (Å²) >= 11 is 6.08. The second-order valence-electron chi connectivity index (χ2n) is 9.00. The van der Waals surface area contributed by atoms with Crippen LogP contribution in [0.5, 0.6) is 0 Å². The molecule has 2 fully saturated rings. The van der Waals surface area contributed by atoms with Crippen molar-refractivity contribution in [3.63, 3.8) is 0 Å². The maximum atomic E-state index is 13.6. The fourth-order valence-corrected chi connectivity index (χ4v) is 5.95. The van der Waals surface area contributed by atoms with Crippen molar-refractivity contribution < 1.29 is 29.8 Å². The highest BCUT2D eigenvalue weighted by Crippen LogP contribution is 2.50. The Kier molecular flexibility index (Phi) is 5.36. The number of imidazole rings is 2. The van der Waals surface area contributed by atoms with E-state index in [0.29, 0.717) is 16.3 Å². The molecule has 2 saturated heterocycles. The molecule has 3 unspecified atom stereocenters. The van der Waals surface area contributed by atoms with Gasteiger partial charge in [0.15, 0.2) is 17.4 Å². The summed E-state index contributed by atoms with van der Waals surface area (Å²) in [6, 6.07) is 16.2. The third-order valence-corrected chi connectivity index (χ3v) is 7.87. The number of aliphatic hydroxyl groups excluding tert-OH is 1. The second kappa shape index (κ2) is 8.58. The van der Waals surface area contributed by atoms with Crippen LogP contribution in [0.25, 0.3) is 39.6 Å². The van der Waals surface area contributed by atoms with E-state index in [0.717, 1.165) is 5.56 Å². The first-order valence-corrected chi connectivity index (χ1v) is 13.5. The van der Waals surface area contributed by atoms with Gasteiger partial charge < -0.3 is 28.8 Å². The van der Waals surface area contributed by atoms with Crippen LogP contribution in [0, 0.1) is 0 Å². The van der Waals surface area contributed by atoms with Gasteiger partial charge in [0.2, 0.25) is 5.78 Å². The first-order chi connectivity index (χ1) is 18.3. The quantitative estimate of drug-likeness (QED) is 0.319. The molecular formula is C24H19ClN5O7P. The molecule has 38 heavy (non-hydrogen) atoms. The Hall–Kier alpha value is -3.35. The van der Waals surface area contributed by atoms with Crippen molar-refractivity contribution in [3.05, 3.63) is 76.2 Å². The zero-order valence-electron chi connectivity index (χ0n) is 20.3.